The molecule has 0 bridgehead atoms. The third-order valence-corrected chi connectivity index (χ3v) is 3.02. The monoisotopic (exact) mass is 268 g/mol. The highest BCUT2D eigenvalue weighted by Gasteiger charge is 2.10. The quantitative estimate of drug-likeness (QED) is 0.640. The number of rotatable bonds is 6. The molecular formula is C11H16N4O2S. The normalized spacial score (nSPS) is 11.0. The highest BCUT2D eigenvalue weighted by Crippen LogP contribution is 2.20. The van der Waals surface area contributed by atoms with E-state index in [1.54, 1.807) is 14.2 Å². The lowest BCUT2D eigenvalue weighted by Gasteiger charge is -2.04. The Morgan fingerprint density at radius 2 is 2.17 bits per heavy atom. The van der Waals surface area contributed by atoms with Gasteiger partial charge in [-0.15, -0.1) is 0 Å². The first-order chi connectivity index (χ1) is 8.77. The summed E-state index contributed by atoms with van der Waals surface area (Å²) in [6.07, 6.45) is 3.46. The van der Waals surface area contributed by atoms with Gasteiger partial charge in [-0.1, -0.05) is 0 Å². The molecular weight excluding hydrogens is 252 g/mol. The summed E-state index contributed by atoms with van der Waals surface area (Å²) in [4.78, 5) is 11.4. The summed E-state index contributed by atoms with van der Waals surface area (Å²) in [5.41, 5.74) is 1.53. The molecule has 0 amide bonds. The summed E-state index contributed by atoms with van der Waals surface area (Å²) < 4.78 is 12.8. The molecule has 2 aromatic rings. The zero-order valence-electron chi connectivity index (χ0n) is 10.5. The van der Waals surface area contributed by atoms with Gasteiger partial charge < -0.3 is 19.0 Å². The zero-order valence-corrected chi connectivity index (χ0v) is 11.3. The van der Waals surface area contributed by atoms with Crippen LogP contribution >= 0.6 is 12.2 Å². The molecule has 18 heavy (non-hydrogen) atoms. The molecule has 0 atom stereocenters. The van der Waals surface area contributed by atoms with E-state index in [9.17, 15) is 0 Å². The molecule has 2 heterocycles. The Bertz CT molecular complexity index is 578. The van der Waals surface area contributed by atoms with Crippen molar-refractivity contribution in [2.24, 2.45) is 0 Å². The highest BCUT2D eigenvalue weighted by molar-refractivity contribution is 7.71. The van der Waals surface area contributed by atoms with E-state index in [0.29, 0.717) is 10.7 Å². The van der Waals surface area contributed by atoms with Crippen molar-refractivity contribution < 1.29 is 9.47 Å². The molecule has 2 rings (SSSR count). The van der Waals surface area contributed by atoms with E-state index < -0.39 is 0 Å². The Labute approximate surface area is 110 Å². The van der Waals surface area contributed by atoms with E-state index in [2.05, 4.69) is 15.0 Å². The predicted molar refractivity (Wildman–Crippen MR) is 70.4 cm³/mol. The minimum atomic E-state index is 0.516. The van der Waals surface area contributed by atoms with E-state index in [4.69, 9.17) is 21.7 Å². The summed E-state index contributed by atoms with van der Waals surface area (Å²) in [5, 5.41) is 0. The predicted octanol–water partition coefficient (Wildman–Crippen LogP) is 1.92. The Hall–Kier alpha value is -1.47. The maximum absolute atomic E-state index is 5.29. The third-order valence-electron chi connectivity index (χ3n) is 2.70. The molecule has 0 radical (unpaired) electrons. The minimum absolute atomic E-state index is 0.516. The van der Waals surface area contributed by atoms with Crippen LogP contribution in [0.5, 0.6) is 5.88 Å². The second kappa shape index (κ2) is 5.92. The first-order valence-electron chi connectivity index (χ1n) is 5.74. The Morgan fingerprint density at radius 3 is 2.89 bits per heavy atom. The van der Waals surface area contributed by atoms with Crippen molar-refractivity contribution in [3.8, 4) is 5.88 Å². The van der Waals surface area contributed by atoms with E-state index >= 15 is 0 Å². The number of nitrogens with zero attached hydrogens (tertiary/aromatic N) is 3. The van der Waals surface area contributed by atoms with Gasteiger partial charge in [-0.3, -0.25) is 0 Å². The number of ether oxygens (including phenoxy) is 2. The van der Waals surface area contributed by atoms with E-state index in [0.717, 1.165) is 37.2 Å². The van der Waals surface area contributed by atoms with Crippen molar-refractivity contribution in [2.75, 3.05) is 20.8 Å². The number of H-pyrrole nitrogens is 1. The van der Waals surface area contributed by atoms with Gasteiger partial charge in [-0.25, -0.2) is 4.98 Å². The first-order valence-corrected chi connectivity index (χ1v) is 6.15. The SMILES string of the molecule is COCCCCn1c(=S)[nH]c2c(OC)ncnc21. The lowest BCUT2D eigenvalue weighted by Crippen LogP contribution is -2.01. The van der Waals surface area contributed by atoms with Crippen molar-refractivity contribution in [3.63, 3.8) is 0 Å². The van der Waals surface area contributed by atoms with Crippen molar-refractivity contribution >= 4 is 23.4 Å². The standard InChI is InChI=1S/C11H16N4O2S/c1-16-6-4-3-5-15-9-8(14-11(15)18)10(17-2)13-7-12-9/h7H,3-6H2,1-2H3,(H,14,18). The molecule has 98 valence electrons. The summed E-state index contributed by atoms with van der Waals surface area (Å²) in [7, 11) is 3.28. The van der Waals surface area contributed by atoms with Crippen LogP contribution in [0.1, 0.15) is 12.8 Å². The Morgan fingerprint density at radius 1 is 1.33 bits per heavy atom. The van der Waals surface area contributed by atoms with Crippen LogP contribution in [0.3, 0.4) is 0 Å². The molecule has 0 fully saturated rings. The van der Waals surface area contributed by atoms with Gasteiger partial charge in [0.1, 0.15) is 11.8 Å². The van der Waals surface area contributed by atoms with Gasteiger partial charge in [0.2, 0.25) is 5.88 Å². The maximum Gasteiger partial charge on any atom is 0.242 e. The smallest absolute Gasteiger partial charge is 0.242 e. The fourth-order valence-corrected chi connectivity index (χ4v) is 2.10. The molecule has 0 unspecified atom stereocenters. The number of fused-ring (bicyclic) bond motifs is 1. The highest BCUT2D eigenvalue weighted by atomic mass is 32.1. The van der Waals surface area contributed by atoms with Crippen LogP contribution in [0, 0.1) is 4.77 Å². The van der Waals surface area contributed by atoms with Crippen LogP contribution in [0.4, 0.5) is 0 Å². The van der Waals surface area contributed by atoms with Crippen LogP contribution in [-0.4, -0.2) is 40.3 Å². The fraction of sp³-hybridized carbons (Fsp3) is 0.545. The molecule has 0 aromatic carbocycles. The van der Waals surface area contributed by atoms with Crippen LogP contribution in [-0.2, 0) is 11.3 Å². The topological polar surface area (TPSA) is 65.0 Å². The van der Waals surface area contributed by atoms with Gasteiger partial charge in [-0.05, 0) is 25.1 Å². The van der Waals surface area contributed by atoms with Crippen molar-refractivity contribution in [1.29, 1.82) is 0 Å². The molecule has 6 nitrogen and oxygen atoms in total. The third kappa shape index (κ3) is 2.51. The van der Waals surface area contributed by atoms with Gasteiger partial charge in [0, 0.05) is 20.3 Å². The average molecular weight is 268 g/mol. The second-order valence-electron chi connectivity index (χ2n) is 3.86. The molecule has 1 N–H and O–H groups in total. The molecule has 0 aliphatic rings. The number of imidazole rings is 1. The van der Waals surface area contributed by atoms with Crippen LogP contribution in [0.15, 0.2) is 6.33 Å². The number of aryl methyl sites for hydroxylation is 1. The van der Waals surface area contributed by atoms with Crippen molar-refractivity contribution in [3.05, 3.63) is 11.1 Å². The second-order valence-corrected chi connectivity index (χ2v) is 4.25. The Balaban J connectivity index is 2.27. The molecule has 0 spiro atoms. The Kier molecular flexibility index (Phi) is 4.27. The maximum atomic E-state index is 5.29. The molecule has 0 saturated carbocycles. The number of methoxy groups -OCH3 is 2. The number of hydrogen-bond donors (Lipinski definition) is 1. The number of nitrogens with one attached hydrogen (secondary N) is 1. The molecule has 2 aromatic heterocycles. The van der Waals surface area contributed by atoms with E-state index in [1.807, 2.05) is 4.57 Å². The summed E-state index contributed by atoms with van der Waals surface area (Å²) in [6, 6.07) is 0. The summed E-state index contributed by atoms with van der Waals surface area (Å²) in [5.74, 6) is 0.516. The fourth-order valence-electron chi connectivity index (χ4n) is 1.82. The number of hydrogen-bond acceptors (Lipinski definition) is 5. The lowest BCUT2D eigenvalue weighted by molar-refractivity contribution is 0.191. The van der Waals surface area contributed by atoms with E-state index in [-0.39, 0.29) is 0 Å². The molecule has 7 heteroatoms. The minimum Gasteiger partial charge on any atom is -0.479 e. The van der Waals surface area contributed by atoms with Gasteiger partial charge in [0.25, 0.3) is 0 Å². The van der Waals surface area contributed by atoms with E-state index in [1.165, 1.54) is 6.33 Å². The van der Waals surface area contributed by atoms with Gasteiger partial charge in [0.15, 0.2) is 10.4 Å². The van der Waals surface area contributed by atoms with Crippen LogP contribution in [0.2, 0.25) is 0 Å². The average Bonchev–Trinajstić information content (AvgIpc) is 2.70. The van der Waals surface area contributed by atoms with Crippen LogP contribution < -0.4 is 4.74 Å². The summed E-state index contributed by atoms with van der Waals surface area (Å²) >= 11 is 5.29. The molecule has 0 aliphatic carbocycles. The van der Waals surface area contributed by atoms with Crippen molar-refractivity contribution in [2.45, 2.75) is 19.4 Å². The summed E-state index contributed by atoms with van der Waals surface area (Å²) in [6.45, 7) is 1.57. The van der Waals surface area contributed by atoms with Gasteiger partial charge >= 0.3 is 0 Å². The van der Waals surface area contributed by atoms with Gasteiger partial charge in [-0.2, -0.15) is 4.98 Å². The lowest BCUT2D eigenvalue weighted by atomic mass is 10.3. The number of aromatic amines is 1. The van der Waals surface area contributed by atoms with Crippen molar-refractivity contribution in [1.82, 2.24) is 19.5 Å². The zero-order chi connectivity index (χ0) is 13.0. The number of unbranched alkanes of at least 4 members (excludes halogenated alkanes) is 1. The first kappa shape index (κ1) is 13.0. The molecule has 0 aliphatic heterocycles. The van der Waals surface area contributed by atoms with Crippen LogP contribution in [0.25, 0.3) is 11.2 Å². The van der Waals surface area contributed by atoms with Gasteiger partial charge in [0.05, 0.1) is 7.11 Å². The number of aromatic nitrogens is 4. The largest absolute Gasteiger partial charge is 0.479 e. The molecule has 0 saturated heterocycles.